The molecule has 5 nitrogen and oxygen atoms in total. The van der Waals surface area contributed by atoms with Gasteiger partial charge >= 0.3 is 6.18 Å². The molecule has 0 fully saturated rings. The Hall–Kier alpha value is -2.12. The van der Waals surface area contributed by atoms with Crippen LogP contribution >= 0.6 is 0 Å². The predicted octanol–water partition coefficient (Wildman–Crippen LogP) is 3.24. The van der Waals surface area contributed by atoms with E-state index in [0.717, 1.165) is 22.6 Å². The highest BCUT2D eigenvalue weighted by molar-refractivity contribution is 5.53. The van der Waals surface area contributed by atoms with Gasteiger partial charge in [-0.05, 0) is 12.8 Å². The molecule has 2 aromatic rings. The quantitative estimate of drug-likeness (QED) is 0.941. The fourth-order valence-electron chi connectivity index (χ4n) is 1.99. The molecule has 0 aliphatic carbocycles. The van der Waals surface area contributed by atoms with E-state index in [1.165, 1.54) is 6.33 Å². The van der Waals surface area contributed by atoms with Gasteiger partial charge < -0.3 is 5.32 Å². The minimum atomic E-state index is -4.42. The van der Waals surface area contributed by atoms with Crippen molar-refractivity contribution in [2.75, 3.05) is 11.9 Å². The predicted molar refractivity (Wildman–Crippen MR) is 72.4 cm³/mol. The van der Waals surface area contributed by atoms with Gasteiger partial charge in [0.25, 0.3) is 0 Å². The van der Waals surface area contributed by atoms with Gasteiger partial charge in [-0.15, -0.1) is 0 Å². The molecule has 0 saturated heterocycles. The largest absolute Gasteiger partial charge is 0.419 e. The normalized spacial score (nSPS) is 12.0. The second-order valence-electron chi connectivity index (χ2n) is 4.82. The molecular weight excluding hydrogens is 283 g/mol. The number of alkyl halides is 3. The van der Waals surface area contributed by atoms with Crippen molar-refractivity contribution >= 4 is 5.82 Å². The molecule has 0 radical (unpaired) electrons. The van der Waals surface area contributed by atoms with Crippen molar-refractivity contribution in [2.24, 2.45) is 0 Å². The fourth-order valence-corrected chi connectivity index (χ4v) is 1.99. The Morgan fingerprint density at radius 1 is 1.29 bits per heavy atom. The summed E-state index contributed by atoms with van der Waals surface area (Å²) in [5.41, 5.74) is -0.0722. The SMILES string of the molecule is CCNc1ncnc(-n2cc(C(F)(F)F)cn2)c1C(C)C. The van der Waals surface area contributed by atoms with Gasteiger partial charge in [-0.3, -0.25) is 0 Å². The van der Waals surface area contributed by atoms with Gasteiger partial charge in [0.15, 0.2) is 5.82 Å². The van der Waals surface area contributed by atoms with Crippen LogP contribution in [0.4, 0.5) is 19.0 Å². The zero-order valence-corrected chi connectivity index (χ0v) is 11.9. The highest BCUT2D eigenvalue weighted by Crippen LogP contribution is 2.31. The third kappa shape index (κ3) is 3.14. The van der Waals surface area contributed by atoms with Gasteiger partial charge in [0.05, 0.1) is 11.8 Å². The first-order valence-corrected chi connectivity index (χ1v) is 6.55. The van der Waals surface area contributed by atoms with Crippen LogP contribution in [0.15, 0.2) is 18.7 Å². The molecule has 1 N–H and O–H groups in total. The van der Waals surface area contributed by atoms with Crippen LogP contribution in [-0.4, -0.2) is 26.3 Å². The van der Waals surface area contributed by atoms with Crippen LogP contribution < -0.4 is 5.32 Å². The highest BCUT2D eigenvalue weighted by Gasteiger charge is 2.32. The average molecular weight is 299 g/mol. The lowest BCUT2D eigenvalue weighted by Crippen LogP contribution is -2.11. The van der Waals surface area contributed by atoms with Crippen molar-refractivity contribution in [3.05, 3.63) is 29.8 Å². The molecule has 2 heterocycles. The monoisotopic (exact) mass is 299 g/mol. The maximum absolute atomic E-state index is 12.7. The molecular formula is C13H16F3N5. The van der Waals surface area contributed by atoms with E-state index in [0.29, 0.717) is 18.2 Å². The summed E-state index contributed by atoms with van der Waals surface area (Å²) >= 11 is 0. The third-order valence-corrected chi connectivity index (χ3v) is 2.91. The van der Waals surface area contributed by atoms with E-state index in [1.807, 2.05) is 20.8 Å². The zero-order valence-electron chi connectivity index (χ0n) is 11.9. The Kier molecular flexibility index (Phi) is 4.15. The molecule has 0 unspecified atom stereocenters. The van der Waals surface area contributed by atoms with Gasteiger partial charge in [-0.2, -0.15) is 18.3 Å². The summed E-state index contributed by atoms with van der Waals surface area (Å²) in [5, 5.41) is 6.87. The van der Waals surface area contributed by atoms with E-state index in [1.54, 1.807) is 0 Å². The van der Waals surface area contributed by atoms with E-state index < -0.39 is 11.7 Å². The van der Waals surface area contributed by atoms with E-state index in [4.69, 9.17) is 0 Å². The standard InChI is InChI=1S/C13H16F3N5/c1-4-17-11-10(8(2)3)12(19-7-18-11)21-6-9(5-20-21)13(14,15)16/h5-8H,4H2,1-3H3,(H,17,18,19). The van der Waals surface area contributed by atoms with Crippen molar-refractivity contribution in [1.29, 1.82) is 0 Å². The van der Waals surface area contributed by atoms with Crippen LogP contribution in [0.2, 0.25) is 0 Å². The molecule has 0 aliphatic rings. The Labute approximate surface area is 120 Å². The Morgan fingerprint density at radius 3 is 2.52 bits per heavy atom. The number of anilines is 1. The van der Waals surface area contributed by atoms with Crippen LogP contribution in [0.1, 0.15) is 37.8 Å². The number of nitrogens with zero attached hydrogens (tertiary/aromatic N) is 4. The molecule has 2 rings (SSSR count). The highest BCUT2D eigenvalue weighted by atomic mass is 19.4. The molecule has 0 bridgehead atoms. The van der Waals surface area contributed by atoms with E-state index >= 15 is 0 Å². The van der Waals surface area contributed by atoms with Crippen LogP contribution in [0.3, 0.4) is 0 Å². The molecule has 8 heteroatoms. The van der Waals surface area contributed by atoms with Crippen LogP contribution in [0.5, 0.6) is 0 Å². The average Bonchev–Trinajstić information content (AvgIpc) is 2.87. The number of aromatic nitrogens is 4. The third-order valence-electron chi connectivity index (χ3n) is 2.91. The Morgan fingerprint density at radius 2 is 2.00 bits per heavy atom. The minimum Gasteiger partial charge on any atom is -0.370 e. The molecule has 0 aromatic carbocycles. The molecule has 0 aliphatic heterocycles. The number of nitrogens with one attached hydrogen (secondary N) is 1. The molecule has 0 amide bonds. The Balaban J connectivity index is 2.53. The number of halogens is 3. The molecule has 0 saturated carbocycles. The zero-order chi connectivity index (χ0) is 15.6. The summed E-state index contributed by atoms with van der Waals surface area (Å²) in [4.78, 5) is 8.24. The van der Waals surface area contributed by atoms with E-state index in [2.05, 4.69) is 20.4 Å². The summed E-state index contributed by atoms with van der Waals surface area (Å²) in [7, 11) is 0. The smallest absolute Gasteiger partial charge is 0.370 e. The summed E-state index contributed by atoms with van der Waals surface area (Å²) < 4.78 is 39.2. The van der Waals surface area contributed by atoms with Gasteiger partial charge in [0.1, 0.15) is 12.1 Å². The van der Waals surface area contributed by atoms with Gasteiger partial charge in [0, 0.05) is 18.3 Å². The van der Waals surface area contributed by atoms with Crippen molar-refractivity contribution in [1.82, 2.24) is 19.7 Å². The second-order valence-corrected chi connectivity index (χ2v) is 4.82. The minimum absolute atomic E-state index is 0.0359. The molecule has 114 valence electrons. The second kappa shape index (κ2) is 5.71. The number of rotatable bonds is 4. The van der Waals surface area contributed by atoms with Crippen molar-refractivity contribution in [2.45, 2.75) is 32.9 Å². The van der Waals surface area contributed by atoms with Crippen LogP contribution in [0, 0.1) is 0 Å². The summed E-state index contributed by atoms with van der Waals surface area (Å²) in [6.07, 6.45) is -1.38. The summed E-state index contributed by atoms with van der Waals surface area (Å²) in [6, 6.07) is 0. The lowest BCUT2D eigenvalue weighted by molar-refractivity contribution is -0.137. The maximum atomic E-state index is 12.7. The van der Waals surface area contributed by atoms with Crippen molar-refractivity contribution < 1.29 is 13.2 Å². The van der Waals surface area contributed by atoms with Gasteiger partial charge in [-0.1, -0.05) is 13.8 Å². The molecule has 2 aromatic heterocycles. The van der Waals surface area contributed by atoms with Gasteiger partial charge in [0.2, 0.25) is 0 Å². The molecule has 21 heavy (non-hydrogen) atoms. The van der Waals surface area contributed by atoms with Crippen LogP contribution in [0.25, 0.3) is 5.82 Å². The van der Waals surface area contributed by atoms with Crippen molar-refractivity contribution in [3.8, 4) is 5.82 Å². The lowest BCUT2D eigenvalue weighted by atomic mass is 10.0. The number of hydrogen-bond donors (Lipinski definition) is 1. The lowest BCUT2D eigenvalue weighted by Gasteiger charge is -2.16. The first kappa shape index (κ1) is 15.3. The fraction of sp³-hybridized carbons (Fsp3) is 0.462. The van der Waals surface area contributed by atoms with E-state index in [-0.39, 0.29) is 5.92 Å². The van der Waals surface area contributed by atoms with Crippen molar-refractivity contribution in [3.63, 3.8) is 0 Å². The molecule has 0 atom stereocenters. The summed E-state index contributed by atoms with van der Waals surface area (Å²) in [5.74, 6) is 1.00. The molecule has 0 spiro atoms. The first-order valence-electron chi connectivity index (χ1n) is 6.55. The van der Waals surface area contributed by atoms with Crippen LogP contribution in [-0.2, 0) is 6.18 Å². The maximum Gasteiger partial charge on any atom is 0.419 e. The number of hydrogen-bond acceptors (Lipinski definition) is 4. The summed E-state index contributed by atoms with van der Waals surface area (Å²) in [6.45, 7) is 6.43. The van der Waals surface area contributed by atoms with E-state index in [9.17, 15) is 13.2 Å². The Bertz CT molecular complexity index is 619. The topological polar surface area (TPSA) is 55.6 Å². The first-order chi connectivity index (χ1) is 9.84. The van der Waals surface area contributed by atoms with Gasteiger partial charge in [-0.25, -0.2) is 14.6 Å².